The van der Waals surface area contributed by atoms with E-state index in [9.17, 15) is 9.90 Å². The number of aryl methyl sites for hydroxylation is 2. The maximum atomic E-state index is 12.1. The van der Waals surface area contributed by atoms with Crippen molar-refractivity contribution < 1.29 is 9.90 Å². The van der Waals surface area contributed by atoms with Crippen molar-refractivity contribution in [3.63, 3.8) is 0 Å². The van der Waals surface area contributed by atoms with Crippen LogP contribution in [0.4, 0.5) is 5.69 Å². The van der Waals surface area contributed by atoms with Crippen molar-refractivity contribution in [3.8, 4) is 5.75 Å². The SMILES string of the molecule is Cc1cc(C)cc(NC(=O)c2cc(O)ccc2Cl)c1. The first-order valence-electron chi connectivity index (χ1n) is 5.84. The number of hydrogen-bond donors (Lipinski definition) is 2. The van der Waals surface area contributed by atoms with Gasteiger partial charge in [-0.2, -0.15) is 0 Å². The summed E-state index contributed by atoms with van der Waals surface area (Å²) in [6, 6.07) is 10.1. The summed E-state index contributed by atoms with van der Waals surface area (Å²) >= 11 is 5.95. The molecule has 1 amide bonds. The van der Waals surface area contributed by atoms with Crippen molar-refractivity contribution >= 4 is 23.2 Å². The predicted octanol–water partition coefficient (Wildman–Crippen LogP) is 3.91. The van der Waals surface area contributed by atoms with Crippen LogP contribution in [0.15, 0.2) is 36.4 Å². The van der Waals surface area contributed by atoms with Crippen LogP contribution in [0, 0.1) is 13.8 Å². The highest BCUT2D eigenvalue weighted by molar-refractivity contribution is 6.34. The van der Waals surface area contributed by atoms with Gasteiger partial charge in [-0.15, -0.1) is 0 Å². The van der Waals surface area contributed by atoms with Crippen molar-refractivity contribution in [2.45, 2.75) is 13.8 Å². The van der Waals surface area contributed by atoms with Gasteiger partial charge in [-0.05, 0) is 55.3 Å². The highest BCUT2D eigenvalue weighted by Crippen LogP contribution is 2.23. The summed E-state index contributed by atoms with van der Waals surface area (Å²) in [5.41, 5.74) is 3.09. The smallest absolute Gasteiger partial charge is 0.257 e. The lowest BCUT2D eigenvalue weighted by Gasteiger charge is -2.09. The van der Waals surface area contributed by atoms with E-state index in [0.717, 1.165) is 11.1 Å². The molecule has 0 saturated carbocycles. The number of carbonyl (C=O) groups is 1. The minimum atomic E-state index is -0.342. The molecular formula is C15H14ClNO2. The lowest BCUT2D eigenvalue weighted by molar-refractivity contribution is 0.102. The summed E-state index contributed by atoms with van der Waals surface area (Å²) in [4.78, 5) is 12.1. The fourth-order valence-corrected chi connectivity index (χ4v) is 2.14. The van der Waals surface area contributed by atoms with Gasteiger partial charge >= 0.3 is 0 Å². The quantitative estimate of drug-likeness (QED) is 0.873. The number of anilines is 1. The van der Waals surface area contributed by atoms with E-state index in [4.69, 9.17) is 11.6 Å². The Hall–Kier alpha value is -2.00. The molecule has 0 aliphatic heterocycles. The predicted molar refractivity (Wildman–Crippen MR) is 77.0 cm³/mol. The van der Waals surface area contributed by atoms with Crippen LogP contribution in [-0.4, -0.2) is 11.0 Å². The molecule has 2 aromatic rings. The molecule has 0 radical (unpaired) electrons. The molecule has 98 valence electrons. The molecule has 0 unspecified atom stereocenters. The van der Waals surface area contributed by atoms with Gasteiger partial charge in [0, 0.05) is 5.69 Å². The largest absolute Gasteiger partial charge is 0.508 e. The molecule has 2 rings (SSSR count). The molecule has 0 heterocycles. The van der Waals surface area contributed by atoms with Crippen LogP contribution in [-0.2, 0) is 0 Å². The molecule has 2 N–H and O–H groups in total. The molecule has 3 nitrogen and oxygen atoms in total. The summed E-state index contributed by atoms with van der Waals surface area (Å²) in [5.74, 6) is -0.333. The third-order valence-corrected chi connectivity index (χ3v) is 3.00. The van der Waals surface area contributed by atoms with Gasteiger partial charge in [0.15, 0.2) is 0 Å². The minimum absolute atomic E-state index is 0.00923. The van der Waals surface area contributed by atoms with E-state index in [1.807, 2.05) is 32.0 Å². The van der Waals surface area contributed by atoms with Gasteiger partial charge in [-0.3, -0.25) is 4.79 Å². The van der Waals surface area contributed by atoms with Crippen molar-refractivity contribution in [2.24, 2.45) is 0 Å². The number of halogens is 1. The van der Waals surface area contributed by atoms with Crippen molar-refractivity contribution in [3.05, 3.63) is 58.1 Å². The highest BCUT2D eigenvalue weighted by Gasteiger charge is 2.11. The van der Waals surface area contributed by atoms with Crippen LogP contribution < -0.4 is 5.32 Å². The molecular weight excluding hydrogens is 262 g/mol. The number of hydrogen-bond acceptors (Lipinski definition) is 2. The molecule has 0 saturated heterocycles. The first-order chi connectivity index (χ1) is 8.95. The average molecular weight is 276 g/mol. The maximum Gasteiger partial charge on any atom is 0.257 e. The molecule has 0 fully saturated rings. The van der Waals surface area contributed by atoms with Gasteiger partial charge in [0.25, 0.3) is 5.91 Å². The summed E-state index contributed by atoms with van der Waals surface area (Å²) in [6.45, 7) is 3.92. The molecule has 0 bridgehead atoms. The summed E-state index contributed by atoms with van der Waals surface area (Å²) in [7, 11) is 0. The lowest BCUT2D eigenvalue weighted by Crippen LogP contribution is -2.12. The van der Waals surface area contributed by atoms with E-state index < -0.39 is 0 Å². The highest BCUT2D eigenvalue weighted by atomic mass is 35.5. The van der Waals surface area contributed by atoms with E-state index in [-0.39, 0.29) is 17.2 Å². The number of rotatable bonds is 2. The third kappa shape index (κ3) is 3.26. The second-order valence-corrected chi connectivity index (χ2v) is 4.90. The Bertz CT molecular complexity index is 618. The Morgan fingerprint density at radius 2 is 1.74 bits per heavy atom. The van der Waals surface area contributed by atoms with Crippen LogP contribution in [0.2, 0.25) is 5.02 Å². The summed E-state index contributed by atoms with van der Waals surface area (Å²) in [6.07, 6.45) is 0. The van der Waals surface area contributed by atoms with Crippen LogP contribution >= 0.6 is 11.6 Å². The van der Waals surface area contributed by atoms with E-state index >= 15 is 0 Å². The zero-order valence-corrected chi connectivity index (χ0v) is 11.5. The second kappa shape index (κ2) is 5.33. The zero-order valence-electron chi connectivity index (χ0n) is 10.7. The molecule has 19 heavy (non-hydrogen) atoms. The van der Waals surface area contributed by atoms with Crippen LogP contribution in [0.5, 0.6) is 5.75 Å². The molecule has 0 spiro atoms. The van der Waals surface area contributed by atoms with Crippen LogP contribution in [0.1, 0.15) is 21.5 Å². The van der Waals surface area contributed by atoms with E-state index in [0.29, 0.717) is 10.7 Å². The number of carbonyl (C=O) groups excluding carboxylic acids is 1. The number of amides is 1. The zero-order chi connectivity index (χ0) is 14.0. The fraction of sp³-hybridized carbons (Fsp3) is 0.133. The number of phenols is 1. The fourth-order valence-electron chi connectivity index (χ4n) is 1.93. The molecule has 4 heteroatoms. The second-order valence-electron chi connectivity index (χ2n) is 4.49. The number of phenolic OH excluding ortho intramolecular Hbond substituents is 1. The molecule has 2 aromatic carbocycles. The number of benzene rings is 2. The Labute approximate surface area is 116 Å². The first kappa shape index (κ1) is 13.4. The van der Waals surface area contributed by atoms with Crippen molar-refractivity contribution in [1.82, 2.24) is 0 Å². The standard InChI is InChI=1S/C15H14ClNO2/c1-9-5-10(2)7-11(6-9)17-15(19)13-8-12(18)3-4-14(13)16/h3-8,18H,1-2H3,(H,17,19). The Balaban J connectivity index is 2.28. The molecule has 0 atom stereocenters. The lowest BCUT2D eigenvalue weighted by atomic mass is 10.1. The average Bonchev–Trinajstić information content (AvgIpc) is 2.30. The minimum Gasteiger partial charge on any atom is -0.508 e. The van der Waals surface area contributed by atoms with E-state index in [2.05, 4.69) is 5.32 Å². The van der Waals surface area contributed by atoms with Gasteiger partial charge < -0.3 is 10.4 Å². The number of nitrogens with one attached hydrogen (secondary N) is 1. The molecule has 0 aliphatic carbocycles. The molecule has 0 aromatic heterocycles. The Morgan fingerprint density at radius 3 is 2.37 bits per heavy atom. The first-order valence-corrected chi connectivity index (χ1v) is 6.21. The van der Waals surface area contributed by atoms with E-state index in [1.165, 1.54) is 18.2 Å². The van der Waals surface area contributed by atoms with Crippen LogP contribution in [0.3, 0.4) is 0 Å². The van der Waals surface area contributed by atoms with E-state index in [1.54, 1.807) is 0 Å². The van der Waals surface area contributed by atoms with Crippen molar-refractivity contribution in [1.29, 1.82) is 0 Å². The topological polar surface area (TPSA) is 49.3 Å². The third-order valence-electron chi connectivity index (χ3n) is 2.67. The number of aromatic hydroxyl groups is 1. The normalized spacial score (nSPS) is 10.3. The Kier molecular flexibility index (Phi) is 3.76. The Morgan fingerprint density at radius 1 is 1.11 bits per heavy atom. The maximum absolute atomic E-state index is 12.1. The molecule has 0 aliphatic rings. The summed E-state index contributed by atoms with van der Waals surface area (Å²) < 4.78 is 0. The van der Waals surface area contributed by atoms with Crippen LogP contribution in [0.25, 0.3) is 0 Å². The van der Waals surface area contributed by atoms with Gasteiger partial charge in [0.2, 0.25) is 0 Å². The van der Waals surface area contributed by atoms with Gasteiger partial charge in [0.1, 0.15) is 5.75 Å². The van der Waals surface area contributed by atoms with Gasteiger partial charge in [-0.1, -0.05) is 17.7 Å². The van der Waals surface area contributed by atoms with Gasteiger partial charge in [-0.25, -0.2) is 0 Å². The monoisotopic (exact) mass is 275 g/mol. The summed E-state index contributed by atoms with van der Waals surface area (Å²) in [5, 5.41) is 12.5. The van der Waals surface area contributed by atoms with Gasteiger partial charge in [0.05, 0.1) is 10.6 Å². The van der Waals surface area contributed by atoms with Crippen molar-refractivity contribution in [2.75, 3.05) is 5.32 Å².